The predicted octanol–water partition coefficient (Wildman–Crippen LogP) is 4.57. The van der Waals surface area contributed by atoms with Crippen molar-refractivity contribution >= 4 is 23.0 Å². The van der Waals surface area contributed by atoms with Crippen LogP contribution in [0.1, 0.15) is 17.0 Å². The number of hydrogen-bond acceptors (Lipinski definition) is 3. The van der Waals surface area contributed by atoms with Gasteiger partial charge < -0.3 is 9.84 Å². The van der Waals surface area contributed by atoms with Crippen LogP contribution in [-0.2, 0) is 19.7 Å². The molecule has 4 rings (SSSR count). The summed E-state index contributed by atoms with van der Waals surface area (Å²) in [4.78, 5) is 4.95. The van der Waals surface area contributed by atoms with Crippen LogP contribution in [0.25, 0.3) is 0 Å². The molecule has 1 unspecified atom stereocenters. The molecule has 0 spiro atoms. The molecule has 1 atom stereocenters. The predicted molar refractivity (Wildman–Crippen MR) is 127 cm³/mol. The molecule has 1 N–H and O–H groups in total. The fourth-order valence-electron chi connectivity index (χ4n) is 3.90. The van der Waals surface area contributed by atoms with Gasteiger partial charge in [-0.05, 0) is 36.4 Å². The van der Waals surface area contributed by atoms with E-state index in [4.69, 9.17) is 21.3 Å². The molecule has 1 heterocycles. The fraction of sp³-hybridized carbons (Fsp3) is 0.154. The van der Waals surface area contributed by atoms with Crippen molar-refractivity contribution in [1.82, 2.24) is 4.57 Å². The maximum atomic E-state index is 12.6. The zero-order chi connectivity index (χ0) is 22.7. The maximum Gasteiger partial charge on any atom is 0.299 e. The number of aryl methyl sites for hydroxylation is 2. The quantitative estimate of drug-likeness (QED) is 0.348. The molecule has 0 saturated heterocycles. The lowest BCUT2D eigenvalue weighted by Gasteiger charge is -2.28. The van der Waals surface area contributed by atoms with Gasteiger partial charge in [0.05, 0.1) is 32.6 Å². The molecular weight excluding hydrogens is 422 g/mol. The highest BCUT2D eigenvalue weighted by Crippen LogP contribution is 2.35. The van der Waals surface area contributed by atoms with Crippen molar-refractivity contribution in [3.63, 3.8) is 0 Å². The number of halogens is 1. The number of para-hydroxylation sites is 1. The summed E-state index contributed by atoms with van der Waals surface area (Å²) in [5, 5.41) is 13.2. The molecule has 0 fully saturated rings. The van der Waals surface area contributed by atoms with Gasteiger partial charge in [0.15, 0.2) is 0 Å². The maximum absolute atomic E-state index is 12.6. The highest BCUT2D eigenvalue weighted by molar-refractivity contribution is 6.30. The van der Waals surface area contributed by atoms with Gasteiger partial charge in [-0.2, -0.15) is 0 Å². The van der Waals surface area contributed by atoms with E-state index < -0.39 is 5.60 Å². The number of aliphatic hydroxyl groups is 1. The van der Waals surface area contributed by atoms with Crippen molar-refractivity contribution in [3.8, 4) is 5.75 Å². The first-order valence-corrected chi connectivity index (χ1v) is 10.6. The van der Waals surface area contributed by atoms with E-state index in [1.165, 1.54) is 0 Å². The Morgan fingerprint density at radius 1 is 1.00 bits per heavy atom. The smallest absolute Gasteiger partial charge is 0.299 e. The molecule has 6 heteroatoms. The first kappa shape index (κ1) is 21.8. The largest absolute Gasteiger partial charge is 0.497 e. The van der Waals surface area contributed by atoms with Crippen LogP contribution in [0.3, 0.4) is 0 Å². The minimum absolute atomic E-state index is 0.489. The van der Waals surface area contributed by atoms with Gasteiger partial charge in [-0.1, -0.05) is 54.1 Å². The third-order valence-electron chi connectivity index (χ3n) is 5.47. The summed E-state index contributed by atoms with van der Waals surface area (Å²) in [6.45, 7) is 0. The summed E-state index contributed by atoms with van der Waals surface area (Å²) in [6, 6.07) is 24.4. The lowest BCUT2D eigenvalue weighted by molar-refractivity contribution is -0.683. The van der Waals surface area contributed by atoms with E-state index >= 15 is 0 Å². The van der Waals surface area contributed by atoms with Crippen LogP contribution in [0, 0.1) is 0 Å². The van der Waals surface area contributed by atoms with E-state index in [9.17, 15) is 5.11 Å². The minimum atomic E-state index is -1.57. The molecule has 0 radical (unpaired) electrons. The first-order chi connectivity index (χ1) is 15.4. The molecule has 32 heavy (non-hydrogen) atoms. The Kier molecular flexibility index (Phi) is 6.12. The molecule has 0 aliphatic rings. The average Bonchev–Trinajstić information content (AvgIpc) is 3.17. The number of imidazole rings is 1. The number of aliphatic imine (C=N–C) groups is 1. The molecule has 162 valence electrons. The molecular formula is C26H25ClN3O2+. The summed E-state index contributed by atoms with van der Waals surface area (Å²) in [5.41, 5.74) is 1.09. The number of rotatable bonds is 6. The fourth-order valence-corrected chi connectivity index (χ4v) is 4.02. The van der Waals surface area contributed by atoms with Gasteiger partial charge in [0, 0.05) is 16.1 Å². The lowest BCUT2D eigenvalue weighted by Crippen LogP contribution is -2.49. The number of methoxy groups -OCH3 is 1. The number of nitrogens with zero attached hydrogens (tertiary/aromatic N) is 3. The van der Waals surface area contributed by atoms with Crippen LogP contribution in [0.4, 0.5) is 5.69 Å². The Balaban J connectivity index is 2.05. The van der Waals surface area contributed by atoms with E-state index in [0.29, 0.717) is 27.9 Å². The highest BCUT2D eigenvalue weighted by Gasteiger charge is 2.47. The van der Waals surface area contributed by atoms with Crippen LogP contribution >= 0.6 is 11.6 Å². The summed E-state index contributed by atoms with van der Waals surface area (Å²) in [5.74, 6) is 1.37. The monoisotopic (exact) mass is 446 g/mol. The van der Waals surface area contributed by atoms with E-state index in [2.05, 4.69) is 0 Å². The average molecular weight is 447 g/mol. The van der Waals surface area contributed by atoms with Gasteiger partial charge >= 0.3 is 0 Å². The van der Waals surface area contributed by atoms with E-state index in [0.717, 1.165) is 11.3 Å². The first-order valence-electron chi connectivity index (χ1n) is 10.2. The molecule has 1 aromatic heterocycles. The van der Waals surface area contributed by atoms with E-state index in [1.807, 2.05) is 102 Å². The normalized spacial score (nSPS) is 13.6. The van der Waals surface area contributed by atoms with Crippen molar-refractivity contribution in [2.45, 2.75) is 5.60 Å². The topological polar surface area (TPSA) is 50.6 Å². The van der Waals surface area contributed by atoms with Crippen molar-refractivity contribution in [3.05, 3.63) is 113 Å². The van der Waals surface area contributed by atoms with Crippen LogP contribution in [0.15, 0.2) is 96.2 Å². The van der Waals surface area contributed by atoms with Crippen molar-refractivity contribution in [2.24, 2.45) is 19.1 Å². The molecule has 0 amide bonds. The van der Waals surface area contributed by atoms with E-state index in [1.54, 1.807) is 19.2 Å². The van der Waals surface area contributed by atoms with Crippen LogP contribution in [0.2, 0.25) is 5.02 Å². The minimum Gasteiger partial charge on any atom is -0.497 e. The molecule has 5 nitrogen and oxygen atoms in total. The van der Waals surface area contributed by atoms with Gasteiger partial charge in [0.2, 0.25) is 5.60 Å². The zero-order valence-corrected chi connectivity index (χ0v) is 19.0. The van der Waals surface area contributed by atoms with Crippen molar-refractivity contribution < 1.29 is 14.4 Å². The molecule has 0 aliphatic carbocycles. The van der Waals surface area contributed by atoms with Crippen LogP contribution < -0.4 is 9.30 Å². The number of ether oxygens (including phenoxy) is 1. The summed E-state index contributed by atoms with van der Waals surface area (Å²) >= 11 is 6.17. The second-order valence-electron chi connectivity index (χ2n) is 7.59. The third kappa shape index (κ3) is 4.05. The van der Waals surface area contributed by atoms with Gasteiger partial charge in [0.25, 0.3) is 5.82 Å². The summed E-state index contributed by atoms with van der Waals surface area (Å²) in [7, 11) is 5.44. The molecule has 0 saturated carbocycles. The summed E-state index contributed by atoms with van der Waals surface area (Å²) < 4.78 is 9.14. The zero-order valence-electron chi connectivity index (χ0n) is 18.2. The number of benzene rings is 3. The highest BCUT2D eigenvalue weighted by atomic mass is 35.5. The van der Waals surface area contributed by atoms with Gasteiger partial charge in [-0.3, -0.25) is 0 Å². The SMILES string of the molecule is COc1ccc(C(O)(C(=Nc2ccccc2)c2ccc(Cl)cc2)c2n(C)cc[n+]2C)cc1. The molecule has 0 aliphatic heterocycles. The summed E-state index contributed by atoms with van der Waals surface area (Å²) in [6.07, 6.45) is 3.82. The van der Waals surface area contributed by atoms with Crippen LogP contribution in [0.5, 0.6) is 5.75 Å². The Hall–Kier alpha value is -3.41. The Morgan fingerprint density at radius 2 is 1.66 bits per heavy atom. The van der Waals surface area contributed by atoms with Gasteiger partial charge in [-0.25, -0.2) is 14.1 Å². The van der Waals surface area contributed by atoms with Crippen molar-refractivity contribution in [1.29, 1.82) is 0 Å². The van der Waals surface area contributed by atoms with Gasteiger partial charge in [-0.15, -0.1) is 0 Å². The Morgan fingerprint density at radius 3 is 2.22 bits per heavy atom. The lowest BCUT2D eigenvalue weighted by atomic mass is 9.83. The third-order valence-corrected chi connectivity index (χ3v) is 5.72. The standard InChI is InChI=1S/C26H25ClN3O2/c1-29-17-18-30(2)25(29)26(31,20-11-15-23(32-3)16-12-20)24(19-9-13-21(27)14-10-19)28-22-7-5-4-6-8-22/h4-18,31H,1-3H3/q+1. The molecule has 4 aromatic rings. The number of hydrogen-bond donors (Lipinski definition) is 1. The molecule has 3 aromatic carbocycles. The second kappa shape index (κ2) is 8.99. The van der Waals surface area contributed by atoms with Gasteiger partial charge in [0.1, 0.15) is 18.1 Å². The van der Waals surface area contributed by atoms with Crippen molar-refractivity contribution in [2.75, 3.05) is 7.11 Å². The molecule has 0 bridgehead atoms. The second-order valence-corrected chi connectivity index (χ2v) is 8.02. The Labute approximate surface area is 192 Å². The van der Waals surface area contributed by atoms with E-state index in [-0.39, 0.29) is 0 Å². The van der Waals surface area contributed by atoms with Crippen LogP contribution in [-0.4, -0.2) is 22.5 Å². The number of aromatic nitrogens is 2. The Bertz CT molecular complexity index is 1210.